The summed E-state index contributed by atoms with van der Waals surface area (Å²) in [6.45, 7) is 5.09. The third-order valence-corrected chi connectivity index (χ3v) is 4.87. The summed E-state index contributed by atoms with van der Waals surface area (Å²) in [6.07, 6.45) is 0. The van der Waals surface area contributed by atoms with E-state index in [1.54, 1.807) is 6.92 Å². The zero-order chi connectivity index (χ0) is 14.8. The Bertz CT molecular complexity index is 558. The summed E-state index contributed by atoms with van der Waals surface area (Å²) >= 11 is 5.96. The first kappa shape index (κ1) is 16.2. The number of aliphatic hydroxyl groups excluding tert-OH is 1. The Kier molecular flexibility index (Phi) is 5.20. The number of sulfonamides is 1. The Labute approximate surface area is 118 Å². The fraction of sp³-hybridized carbons (Fsp3) is 0.500. The van der Waals surface area contributed by atoms with Gasteiger partial charge in [0.05, 0.1) is 11.6 Å². The van der Waals surface area contributed by atoms with Gasteiger partial charge >= 0.3 is 0 Å². The molecule has 0 saturated carbocycles. The van der Waals surface area contributed by atoms with Gasteiger partial charge in [0.25, 0.3) is 0 Å². The lowest BCUT2D eigenvalue weighted by molar-refractivity contribution is 0.227. The number of hydrogen-bond acceptors (Lipinski definition) is 4. The maximum atomic E-state index is 12.2. The van der Waals surface area contributed by atoms with E-state index in [2.05, 4.69) is 4.72 Å². The van der Waals surface area contributed by atoms with Crippen LogP contribution in [0.25, 0.3) is 0 Å². The lowest BCUT2D eigenvalue weighted by atomic mass is 10.1. The first-order chi connectivity index (χ1) is 8.69. The van der Waals surface area contributed by atoms with Crippen LogP contribution in [0.4, 0.5) is 5.69 Å². The smallest absolute Gasteiger partial charge is 0.242 e. The van der Waals surface area contributed by atoms with Crippen molar-refractivity contribution in [3.8, 4) is 0 Å². The van der Waals surface area contributed by atoms with Gasteiger partial charge in [-0.2, -0.15) is 0 Å². The van der Waals surface area contributed by atoms with E-state index in [9.17, 15) is 13.5 Å². The molecule has 0 spiro atoms. The number of nitrogens with two attached hydrogens (primary N) is 1. The molecule has 1 aromatic rings. The number of halogens is 1. The van der Waals surface area contributed by atoms with Gasteiger partial charge < -0.3 is 10.8 Å². The average Bonchev–Trinajstić information content (AvgIpc) is 2.30. The largest absolute Gasteiger partial charge is 0.398 e. The average molecular weight is 307 g/mol. The molecule has 0 radical (unpaired) electrons. The van der Waals surface area contributed by atoms with E-state index in [0.29, 0.717) is 11.3 Å². The third-order valence-electron chi connectivity index (χ3n) is 2.92. The summed E-state index contributed by atoms with van der Waals surface area (Å²) in [5.41, 5.74) is 6.78. The van der Waals surface area contributed by atoms with Gasteiger partial charge in [0.15, 0.2) is 0 Å². The Morgan fingerprint density at radius 1 is 1.42 bits per heavy atom. The van der Waals surface area contributed by atoms with Crippen molar-refractivity contribution in [2.75, 3.05) is 12.3 Å². The molecule has 0 bridgehead atoms. The second kappa shape index (κ2) is 6.09. The van der Waals surface area contributed by atoms with Gasteiger partial charge in [0.2, 0.25) is 10.0 Å². The molecule has 0 aliphatic rings. The molecule has 1 rings (SSSR count). The quantitative estimate of drug-likeness (QED) is 0.719. The molecule has 0 heterocycles. The lowest BCUT2D eigenvalue weighted by Gasteiger charge is -2.20. The molecule has 108 valence electrons. The van der Waals surface area contributed by atoms with Crippen LogP contribution in [0.5, 0.6) is 0 Å². The van der Waals surface area contributed by atoms with Crippen LogP contribution in [0.1, 0.15) is 19.4 Å². The van der Waals surface area contributed by atoms with Crippen LogP contribution in [0, 0.1) is 12.8 Å². The summed E-state index contributed by atoms with van der Waals surface area (Å²) in [6, 6.07) is 2.27. The van der Waals surface area contributed by atoms with Crippen molar-refractivity contribution in [3.63, 3.8) is 0 Å². The fourth-order valence-corrected chi connectivity index (χ4v) is 3.51. The Morgan fingerprint density at radius 3 is 2.47 bits per heavy atom. The van der Waals surface area contributed by atoms with Crippen LogP contribution >= 0.6 is 11.6 Å². The molecule has 0 fully saturated rings. The van der Waals surface area contributed by atoms with E-state index < -0.39 is 16.1 Å². The molecule has 4 N–H and O–H groups in total. The molecule has 0 unspecified atom stereocenters. The van der Waals surface area contributed by atoms with Crippen molar-refractivity contribution in [3.05, 3.63) is 22.7 Å². The van der Waals surface area contributed by atoms with E-state index in [0.717, 1.165) is 0 Å². The van der Waals surface area contributed by atoms with Crippen molar-refractivity contribution in [2.45, 2.75) is 31.7 Å². The van der Waals surface area contributed by atoms with Crippen molar-refractivity contribution >= 4 is 27.3 Å². The van der Waals surface area contributed by atoms with E-state index in [1.807, 2.05) is 13.8 Å². The Hall–Kier alpha value is -0.820. The molecule has 0 aliphatic heterocycles. The number of aliphatic hydroxyl groups is 1. The van der Waals surface area contributed by atoms with Gasteiger partial charge in [-0.05, 0) is 30.5 Å². The van der Waals surface area contributed by atoms with Gasteiger partial charge in [-0.1, -0.05) is 25.4 Å². The summed E-state index contributed by atoms with van der Waals surface area (Å²) < 4.78 is 26.9. The zero-order valence-electron chi connectivity index (χ0n) is 11.1. The first-order valence-corrected chi connectivity index (χ1v) is 7.74. The molecule has 5 nitrogen and oxygen atoms in total. The van der Waals surface area contributed by atoms with Crippen LogP contribution < -0.4 is 10.5 Å². The third kappa shape index (κ3) is 3.82. The van der Waals surface area contributed by atoms with Crippen molar-refractivity contribution in [1.29, 1.82) is 0 Å². The van der Waals surface area contributed by atoms with Crippen molar-refractivity contribution in [1.82, 2.24) is 4.72 Å². The zero-order valence-corrected chi connectivity index (χ0v) is 12.7. The SMILES string of the molecule is Cc1cc(Cl)c(S(=O)(=O)N[C@H](CO)C(C)C)cc1N. The number of benzene rings is 1. The maximum absolute atomic E-state index is 12.2. The number of nitrogens with one attached hydrogen (secondary N) is 1. The van der Waals surface area contributed by atoms with Gasteiger partial charge in [0, 0.05) is 11.7 Å². The second-order valence-electron chi connectivity index (χ2n) is 4.79. The molecule has 0 saturated heterocycles. The molecule has 19 heavy (non-hydrogen) atoms. The highest BCUT2D eigenvalue weighted by molar-refractivity contribution is 7.89. The summed E-state index contributed by atoms with van der Waals surface area (Å²) in [4.78, 5) is -0.0728. The van der Waals surface area contributed by atoms with Crippen molar-refractivity contribution in [2.24, 2.45) is 5.92 Å². The predicted octanol–water partition coefficient (Wildman–Crippen LogP) is 1.53. The monoisotopic (exact) mass is 306 g/mol. The van der Waals surface area contributed by atoms with E-state index in [-0.39, 0.29) is 22.4 Å². The highest BCUT2D eigenvalue weighted by Gasteiger charge is 2.24. The molecule has 0 amide bonds. The van der Waals surface area contributed by atoms with Crippen LogP contribution in [-0.4, -0.2) is 26.2 Å². The Morgan fingerprint density at radius 2 is 2.00 bits per heavy atom. The van der Waals surface area contributed by atoms with Gasteiger partial charge in [-0.15, -0.1) is 0 Å². The minimum atomic E-state index is -3.81. The van der Waals surface area contributed by atoms with Crippen LogP contribution in [0.15, 0.2) is 17.0 Å². The topological polar surface area (TPSA) is 92.4 Å². The van der Waals surface area contributed by atoms with Crippen LogP contribution in [0.2, 0.25) is 5.02 Å². The maximum Gasteiger partial charge on any atom is 0.242 e. The number of rotatable bonds is 5. The predicted molar refractivity (Wildman–Crippen MR) is 76.6 cm³/mol. The van der Waals surface area contributed by atoms with E-state index in [1.165, 1.54) is 12.1 Å². The fourth-order valence-electron chi connectivity index (χ4n) is 1.52. The molecule has 0 aliphatic carbocycles. The number of hydrogen-bond donors (Lipinski definition) is 3. The number of nitrogen functional groups attached to an aromatic ring is 1. The molecule has 7 heteroatoms. The second-order valence-corrected chi connectivity index (χ2v) is 6.88. The van der Waals surface area contributed by atoms with Gasteiger partial charge in [-0.3, -0.25) is 0 Å². The molecule has 0 aromatic heterocycles. The van der Waals surface area contributed by atoms with Gasteiger partial charge in [-0.25, -0.2) is 13.1 Å². The first-order valence-electron chi connectivity index (χ1n) is 5.88. The molecular weight excluding hydrogens is 288 g/mol. The normalized spacial score (nSPS) is 13.8. The minimum Gasteiger partial charge on any atom is -0.398 e. The lowest BCUT2D eigenvalue weighted by Crippen LogP contribution is -2.41. The van der Waals surface area contributed by atoms with Gasteiger partial charge in [0.1, 0.15) is 4.90 Å². The summed E-state index contributed by atoms with van der Waals surface area (Å²) in [5.74, 6) is -0.0404. The van der Waals surface area contributed by atoms with Crippen LogP contribution in [0.3, 0.4) is 0 Å². The molecule has 1 aromatic carbocycles. The number of aryl methyl sites for hydroxylation is 1. The number of anilines is 1. The standard InChI is InChI=1S/C12H19ClN2O3S/c1-7(2)11(6-16)15-19(17,18)12-5-10(14)8(3)4-9(12)13/h4-5,7,11,15-16H,6,14H2,1-3H3/t11-/m1/s1. The molecule has 1 atom stereocenters. The summed E-state index contributed by atoms with van der Waals surface area (Å²) in [7, 11) is -3.81. The van der Waals surface area contributed by atoms with Crippen molar-refractivity contribution < 1.29 is 13.5 Å². The summed E-state index contributed by atoms with van der Waals surface area (Å²) in [5, 5.41) is 9.30. The highest BCUT2D eigenvalue weighted by atomic mass is 35.5. The highest BCUT2D eigenvalue weighted by Crippen LogP contribution is 2.27. The Balaban J connectivity index is 3.17. The van der Waals surface area contributed by atoms with E-state index >= 15 is 0 Å². The minimum absolute atomic E-state index is 0.0404. The van der Waals surface area contributed by atoms with Crippen LogP contribution in [-0.2, 0) is 10.0 Å². The molecular formula is C12H19ClN2O3S. The van der Waals surface area contributed by atoms with E-state index in [4.69, 9.17) is 17.3 Å².